The summed E-state index contributed by atoms with van der Waals surface area (Å²) in [7, 11) is 0. The van der Waals surface area contributed by atoms with Crippen molar-refractivity contribution in [3.63, 3.8) is 0 Å². The topological polar surface area (TPSA) is 60.9 Å². The fourth-order valence-corrected chi connectivity index (χ4v) is 4.27. The number of rotatable bonds is 3. The van der Waals surface area contributed by atoms with Crippen LogP contribution in [0, 0.1) is 5.92 Å². The number of benzene rings is 1. The van der Waals surface area contributed by atoms with Crippen molar-refractivity contribution in [2.75, 3.05) is 13.1 Å². The number of aliphatic hydroxyl groups excluding tert-OH is 1. The molecule has 1 saturated carbocycles. The molecule has 1 N–H and O–H groups in total. The highest BCUT2D eigenvalue weighted by Crippen LogP contribution is 2.39. The van der Waals surface area contributed by atoms with E-state index in [0.29, 0.717) is 42.9 Å². The molecule has 2 aliphatic heterocycles. The number of carbonyl (C=O) groups excluding carboxylic acids is 2. The molecular weight excluding hydrogens is 304 g/mol. The number of piperidine rings is 2. The molecule has 2 amide bonds. The van der Waals surface area contributed by atoms with E-state index in [9.17, 15) is 14.7 Å². The SMILES string of the molecule is O=C([C@H](O)c1ccccc1)N1CC[C@H]2[C@@H](CCC(=O)N2C2CC2)C1. The van der Waals surface area contributed by atoms with E-state index in [2.05, 4.69) is 4.90 Å². The number of hydrogen-bond acceptors (Lipinski definition) is 3. The largest absolute Gasteiger partial charge is 0.378 e. The van der Waals surface area contributed by atoms with Crippen molar-refractivity contribution in [1.29, 1.82) is 0 Å². The first kappa shape index (κ1) is 15.6. The van der Waals surface area contributed by atoms with Crippen molar-refractivity contribution in [2.24, 2.45) is 5.92 Å². The normalized spacial score (nSPS) is 28.5. The second-order valence-corrected chi connectivity index (χ2v) is 7.28. The van der Waals surface area contributed by atoms with Crippen LogP contribution < -0.4 is 0 Å². The van der Waals surface area contributed by atoms with Gasteiger partial charge in [-0.3, -0.25) is 9.59 Å². The van der Waals surface area contributed by atoms with Gasteiger partial charge in [-0.2, -0.15) is 0 Å². The predicted molar refractivity (Wildman–Crippen MR) is 89.0 cm³/mol. The molecule has 0 spiro atoms. The molecule has 1 aromatic rings. The van der Waals surface area contributed by atoms with Crippen molar-refractivity contribution in [2.45, 2.75) is 50.3 Å². The van der Waals surface area contributed by atoms with Crippen LogP contribution in [0.2, 0.25) is 0 Å². The zero-order chi connectivity index (χ0) is 16.7. The molecule has 128 valence electrons. The van der Waals surface area contributed by atoms with Gasteiger partial charge in [0, 0.05) is 31.6 Å². The Hall–Kier alpha value is -1.88. The molecule has 5 heteroatoms. The summed E-state index contributed by atoms with van der Waals surface area (Å²) in [4.78, 5) is 28.8. The average molecular weight is 328 g/mol. The molecule has 3 fully saturated rings. The highest BCUT2D eigenvalue weighted by atomic mass is 16.3. The molecule has 0 bridgehead atoms. The zero-order valence-electron chi connectivity index (χ0n) is 13.8. The van der Waals surface area contributed by atoms with Gasteiger partial charge in [0.15, 0.2) is 6.10 Å². The summed E-state index contributed by atoms with van der Waals surface area (Å²) in [6.45, 7) is 1.28. The Morgan fingerprint density at radius 3 is 2.58 bits per heavy atom. The van der Waals surface area contributed by atoms with Gasteiger partial charge in [0.05, 0.1) is 0 Å². The number of aliphatic hydroxyl groups is 1. The molecule has 3 atom stereocenters. The Morgan fingerprint density at radius 2 is 1.88 bits per heavy atom. The Bertz CT molecular complexity index is 629. The third-order valence-corrected chi connectivity index (χ3v) is 5.67. The number of likely N-dealkylation sites (tertiary alicyclic amines) is 2. The lowest BCUT2D eigenvalue weighted by Crippen LogP contribution is -2.58. The third-order valence-electron chi connectivity index (χ3n) is 5.67. The van der Waals surface area contributed by atoms with Gasteiger partial charge in [-0.15, -0.1) is 0 Å². The van der Waals surface area contributed by atoms with Crippen LogP contribution in [-0.4, -0.2) is 51.9 Å². The van der Waals surface area contributed by atoms with Crippen molar-refractivity contribution < 1.29 is 14.7 Å². The zero-order valence-corrected chi connectivity index (χ0v) is 13.8. The van der Waals surface area contributed by atoms with Gasteiger partial charge in [-0.1, -0.05) is 30.3 Å². The van der Waals surface area contributed by atoms with Crippen LogP contribution in [0.15, 0.2) is 30.3 Å². The smallest absolute Gasteiger partial charge is 0.256 e. The molecule has 2 saturated heterocycles. The van der Waals surface area contributed by atoms with Crippen LogP contribution in [0.25, 0.3) is 0 Å². The standard InChI is InChI=1S/C19H24N2O3/c22-17-9-6-14-12-20(11-10-16(14)21(17)15-7-8-15)19(24)18(23)13-4-2-1-3-5-13/h1-5,14-16,18,23H,6-12H2/t14-,16-,18+/m0/s1. The first-order chi connectivity index (χ1) is 11.6. The van der Waals surface area contributed by atoms with Crippen LogP contribution in [0.4, 0.5) is 0 Å². The molecule has 24 heavy (non-hydrogen) atoms. The van der Waals surface area contributed by atoms with E-state index < -0.39 is 6.10 Å². The van der Waals surface area contributed by atoms with Crippen LogP contribution in [0.5, 0.6) is 0 Å². The molecule has 1 aliphatic carbocycles. The fourth-order valence-electron chi connectivity index (χ4n) is 4.27. The predicted octanol–water partition coefficient (Wildman–Crippen LogP) is 1.72. The second-order valence-electron chi connectivity index (χ2n) is 7.28. The van der Waals surface area contributed by atoms with E-state index in [0.717, 1.165) is 25.7 Å². The minimum Gasteiger partial charge on any atom is -0.378 e. The monoisotopic (exact) mass is 328 g/mol. The van der Waals surface area contributed by atoms with Gasteiger partial charge in [0.2, 0.25) is 5.91 Å². The lowest BCUT2D eigenvalue weighted by Gasteiger charge is -2.47. The first-order valence-electron chi connectivity index (χ1n) is 8.98. The van der Waals surface area contributed by atoms with Crippen LogP contribution in [0.1, 0.15) is 43.8 Å². The second kappa shape index (κ2) is 6.20. The molecule has 1 aromatic carbocycles. The minimum atomic E-state index is -1.09. The highest BCUT2D eigenvalue weighted by molar-refractivity contribution is 5.82. The summed E-state index contributed by atoms with van der Waals surface area (Å²) in [6, 6.07) is 9.83. The average Bonchev–Trinajstić information content (AvgIpc) is 3.45. The summed E-state index contributed by atoms with van der Waals surface area (Å²) in [6.07, 6.45) is 3.46. The lowest BCUT2D eigenvalue weighted by molar-refractivity contribution is -0.149. The highest BCUT2D eigenvalue weighted by Gasteiger charge is 2.46. The molecule has 5 nitrogen and oxygen atoms in total. The Labute approximate surface area is 142 Å². The van der Waals surface area contributed by atoms with Crippen LogP contribution in [0.3, 0.4) is 0 Å². The quantitative estimate of drug-likeness (QED) is 0.919. The van der Waals surface area contributed by atoms with Gasteiger partial charge in [0.1, 0.15) is 0 Å². The maximum Gasteiger partial charge on any atom is 0.256 e. The van der Waals surface area contributed by atoms with E-state index in [1.165, 1.54) is 0 Å². The summed E-state index contributed by atoms with van der Waals surface area (Å²) in [5, 5.41) is 10.4. The van der Waals surface area contributed by atoms with Gasteiger partial charge in [0.25, 0.3) is 5.91 Å². The molecular formula is C19H24N2O3. The number of nitrogens with zero attached hydrogens (tertiary/aromatic N) is 2. The lowest BCUT2D eigenvalue weighted by atomic mass is 9.83. The fraction of sp³-hybridized carbons (Fsp3) is 0.579. The Morgan fingerprint density at radius 1 is 1.12 bits per heavy atom. The number of fused-ring (bicyclic) bond motifs is 1. The van der Waals surface area contributed by atoms with E-state index in [-0.39, 0.29) is 11.9 Å². The first-order valence-corrected chi connectivity index (χ1v) is 8.98. The van der Waals surface area contributed by atoms with E-state index in [1.54, 1.807) is 17.0 Å². The van der Waals surface area contributed by atoms with Gasteiger partial charge in [-0.05, 0) is 37.2 Å². The maximum atomic E-state index is 12.7. The summed E-state index contributed by atoms with van der Waals surface area (Å²) >= 11 is 0. The van der Waals surface area contributed by atoms with E-state index in [4.69, 9.17) is 0 Å². The Balaban J connectivity index is 1.44. The van der Waals surface area contributed by atoms with Crippen molar-refractivity contribution in [3.05, 3.63) is 35.9 Å². The maximum absolute atomic E-state index is 12.7. The number of carbonyl (C=O) groups is 2. The molecule has 3 aliphatic rings. The number of hydrogen-bond donors (Lipinski definition) is 1. The van der Waals surface area contributed by atoms with Crippen molar-refractivity contribution in [3.8, 4) is 0 Å². The summed E-state index contributed by atoms with van der Waals surface area (Å²) in [5.41, 5.74) is 0.642. The summed E-state index contributed by atoms with van der Waals surface area (Å²) < 4.78 is 0. The molecule has 4 rings (SSSR count). The Kier molecular flexibility index (Phi) is 4.04. The molecule has 0 aromatic heterocycles. The van der Waals surface area contributed by atoms with Crippen molar-refractivity contribution in [1.82, 2.24) is 9.80 Å². The van der Waals surface area contributed by atoms with Gasteiger partial charge < -0.3 is 14.9 Å². The molecule has 2 heterocycles. The van der Waals surface area contributed by atoms with E-state index in [1.807, 2.05) is 18.2 Å². The molecule has 0 radical (unpaired) electrons. The van der Waals surface area contributed by atoms with Crippen LogP contribution in [-0.2, 0) is 9.59 Å². The molecule has 0 unspecified atom stereocenters. The summed E-state index contributed by atoms with van der Waals surface area (Å²) in [5.74, 6) is 0.432. The van der Waals surface area contributed by atoms with E-state index >= 15 is 0 Å². The van der Waals surface area contributed by atoms with Crippen LogP contribution >= 0.6 is 0 Å². The third kappa shape index (κ3) is 2.81. The van der Waals surface area contributed by atoms with Gasteiger partial charge >= 0.3 is 0 Å². The van der Waals surface area contributed by atoms with Gasteiger partial charge in [-0.25, -0.2) is 0 Å². The minimum absolute atomic E-state index is 0.213. The van der Waals surface area contributed by atoms with Crippen molar-refractivity contribution >= 4 is 11.8 Å². The number of amides is 2.